The molecule has 2 nitrogen and oxygen atoms in total. The van der Waals surface area contributed by atoms with Gasteiger partial charge in [0.15, 0.2) is 0 Å². The van der Waals surface area contributed by atoms with Crippen molar-refractivity contribution in [3.63, 3.8) is 0 Å². The van der Waals surface area contributed by atoms with E-state index in [0.29, 0.717) is 6.42 Å². The fourth-order valence-electron chi connectivity index (χ4n) is 1.47. The van der Waals surface area contributed by atoms with Gasteiger partial charge in [-0.3, -0.25) is 9.78 Å². The first-order valence-corrected chi connectivity index (χ1v) is 4.50. The van der Waals surface area contributed by atoms with E-state index in [2.05, 4.69) is 11.1 Å². The van der Waals surface area contributed by atoms with Gasteiger partial charge in [-0.2, -0.15) is 0 Å². The number of aromatic nitrogens is 1. The average molecular weight is 184 g/mol. The van der Waals surface area contributed by atoms with Crippen molar-refractivity contribution in [2.75, 3.05) is 0 Å². The van der Waals surface area contributed by atoms with Gasteiger partial charge in [0.05, 0.1) is 5.52 Å². The second-order valence-corrected chi connectivity index (χ2v) is 3.34. The van der Waals surface area contributed by atoms with Crippen molar-refractivity contribution in [1.29, 1.82) is 0 Å². The monoisotopic (exact) mass is 184 g/mol. The highest BCUT2D eigenvalue weighted by atomic mass is 16.1. The van der Waals surface area contributed by atoms with Crippen molar-refractivity contribution in [3.8, 4) is 0 Å². The molecule has 1 aromatic heterocycles. The van der Waals surface area contributed by atoms with E-state index in [0.717, 1.165) is 16.5 Å². The van der Waals surface area contributed by atoms with Gasteiger partial charge in [-0.05, 0) is 30.7 Å². The zero-order valence-electron chi connectivity index (χ0n) is 7.95. The third-order valence-corrected chi connectivity index (χ3v) is 2.06. The highest BCUT2D eigenvalue weighted by molar-refractivity contribution is 5.82. The fourth-order valence-corrected chi connectivity index (χ4v) is 1.47. The maximum absolute atomic E-state index is 10.9. The maximum atomic E-state index is 10.9. The first-order chi connectivity index (χ1) is 6.75. The van der Waals surface area contributed by atoms with Crippen LogP contribution in [0.3, 0.4) is 0 Å². The van der Waals surface area contributed by atoms with Crippen molar-refractivity contribution in [3.05, 3.63) is 42.1 Å². The third-order valence-electron chi connectivity index (χ3n) is 2.06. The van der Waals surface area contributed by atoms with Gasteiger partial charge in [-0.1, -0.05) is 6.07 Å². The number of rotatable bonds is 2. The summed E-state index contributed by atoms with van der Waals surface area (Å²) in [7, 11) is 0. The number of carbonyl (C=O) groups excluding carboxylic acids is 1. The minimum absolute atomic E-state index is 0.178. The summed E-state index contributed by atoms with van der Waals surface area (Å²) in [6, 6.07) is 10.7. The van der Waals surface area contributed by atoms with Gasteiger partial charge in [-0.15, -0.1) is 0 Å². The predicted molar refractivity (Wildman–Crippen MR) is 55.0 cm³/mol. The van der Waals surface area contributed by atoms with Gasteiger partial charge in [0.2, 0.25) is 0 Å². The third kappa shape index (κ3) is 1.79. The molecule has 0 bridgehead atoms. The number of Topliss-reactive ketones (excluding diaryl/α,β-unsaturated/α-hetero) is 1. The van der Waals surface area contributed by atoms with Crippen LogP contribution in [0.25, 0.3) is 10.9 Å². The molecule has 2 aromatic rings. The molecule has 2 heteroatoms. The van der Waals surface area contributed by atoms with Crippen LogP contribution in [0.4, 0.5) is 0 Å². The van der Waals surface area contributed by atoms with E-state index in [1.54, 1.807) is 13.1 Å². The second-order valence-electron chi connectivity index (χ2n) is 3.34. The lowest BCUT2D eigenvalue weighted by Crippen LogP contribution is -1.95. The lowest BCUT2D eigenvalue weighted by molar-refractivity contribution is -0.116. The van der Waals surface area contributed by atoms with Crippen molar-refractivity contribution in [1.82, 2.24) is 4.98 Å². The zero-order valence-corrected chi connectivity index (χ0v) is 7.95. The van der Waals surface area contributed by atoms with E-state index < -0.39 is 0 Å². The van der Waals surface area contributed by atoms with Crippen molar-refractivity contribution in [2.24, 2.45) is 0 Å². The summed E-state index contributed by atoms with van der Waals surface area (Å²) in [4.78, 5) is 15.1. The lowest BCUT2D eigenvalue weighted by Gasteiger charge is -2.00. The van der Waals surface area contributed by atoms with Crippen LogP contribution in [-0.2, 0) is 11.2 Å². The summed E-state index contributed by atoms with van der Waals surface area (Å²) in [5.74, 6) is 0.178. The number of carbonyl (C=O) groups is 1. The number of pyridine rings is 1. The first-order valence-electron chi connectivity index (χ1n) is 4.50. The SMILES string of the molecule is CC(=O)Cc1ccc2nc[c]cc2c1. The molecule has 0 atom stereocenters. The van der Waals surface area contributed by atoms with E-state index in [1.807, 2.05) is 24.3 Å². The molecule has 0 saturated carbocycles. The molecule has 69 valence electrons. The quantitative estimate of drug-likeness (QED) is 0.716. The Kier molecular flexibility index (Phi) is 2.27. The van der Waals surface area contributed by atoms with Crippen molar-refractivity contribution >= 4 is 16.7 Å². The zero-order chi connectivity index (χ0) is 9.97. The summed E-state index contributed by atoms with van der Waals surface area (Å²) in [6.07, 6.45) is 2.14. The molecule has 1 heterocycles. The molecular formula is C12H10NO. The number of benzene rings is 1. The van der Waals surface area contributed by atoms with Crippen LogP contribution in [0, 0.1) is 6.07 Å². The van der Waals surface area contributed by atoms with Gasteiger partial charge in [0, 0.05) is 24.1 Å². The number of fused-ring (bicyclic) bond motifs is 1. The summed E-state index contributed by atoms with van der Waals surface area (Å²) in [6.45, 7) is 1.60. The highest BCUT2D eigenvalue weighted by Gasteiger charge is 1.99. The molecular weight excluding hydrogens is 174 g/mol. The highest BCUT2D eigenvalue weighted by Crippen LogP contribution is 2.13. The van der Waals surface area contributed by atoms with Crippen LogP contribution in [0.5, 0.6) is 0 Å². The maximum Gasteiger partial charge on any atom is 0.134 e. The minimum Gasteiger partial charge on any atom is -0.300 e. The van der Waals surface area contributed by atoms with Crippen LogP contribution in [0.2, 0.25) is 0 Å². The van der Waals surface area contributed by atoms with Crippen molar-refractivity contribution < 1.29 is 4.79 Å². The Morgan fingerprint density at radius 1 is 1.50 bits per heavy atom. The Hall–Kier alpha value is -1.70. The van der Waals surface area contributed by atoms with Crippen LogP contribution in [0.1, 0.15) is 12.5 Å². The summed E-state index contributed by atoms with van der Waals surface area (Å²) in [5.41, 5.74) is 1.97. The van der Waals surface area contributed by atoms with Crippen LogP contribution < -0.4 is 0 Å². The Morgan fingerprint density at radius 3 is 3.14 bits per heavy atom. The van der Waals surface area contributed by atoms with Crippen LogP contribution in [-0.4, -0.2) is 10.8 Å². The standard InChI is InChI=1S/C12H10NO/c1-9(14)7-10-4-5-12-11(8-10)3-2-6-13-12/h3-6,8H,7H2,1H3. The Morgan fingerprint density at radius 2 is 2.36 bits per heavy atom. The molecule has 0 amide bonds. The minimum atomic E-state index is 0.178. The molecule has 0 N–H and O–H groups in total. The number of hydrogen-bond donors (Lipinski definition) is 0. The van der Waals surface area contributed by atoms with E-state index >= 15 is 0 Å². The molecule has 0 unspecified atom stereocenters. The summed E-state index contributed by atoms with van der Waals surface area (Å²) >= 11 is 0. The normalized spacial score (nSPS) is 10.4. The molecule has 0 aliphatic carbocycles. The smallest absolute Gasteiger partial charge is 0.134 e. The van der Waals surface area contributed by atoms with Gasteiger partial charge < -0.3 is 0 Å². The number of hydrogen-bond acceptors (Lipinski definition) is 2. The Bertz CT molecular complexity index is 476. The Labute approximate surface area is 82.6 Å². The fraction of sp³-hybridized carbons (Fsp3) is 0.167. The molecule has 0 spiro atoms. The van der Waals surface area contributed by atoms with E-state index in [-0.39, 0.29) is 5.78 Å². The average Bonchev–Trinajstić information content (AvgIpc) is 2.17. The second kappa shape index (κ2) is 3.58. The molecule has 2 rings (SSSR count). The Balaban J connectivity index is 2.46. The molecule has 0 saturated heterocycles. The van der Waals surface area contributed by atoms with Crippen LogP contribution in [0.15, 0.2) is 30.5 Å². The van der Waals surface area contributed by atoms with Gasteiger partial charge in [0.1, 0.15) is 5.78 Å². The number of ketones is 1. The molecule has 0 aliphatic heterocycles. The summed E-state index contributed by atoms with van der Waals surface area (Å²) in [5, 5.41) is 1.03. The van der Waals surface area contributed by atoms with Gasteiger partial charge in [0.25, 0.3) is 0 Å². The molecule has 1 aromatic carbocycles. The molecule has 0 fully saturated rings. The predicted octanol–water partition coefficient (Wildman–Crippen LogP) is 2.17. The largest absolute Gasteiger partial charge is 0.300 e. The summed E-state index contributed by atoms with van der Waals surface area (Å²) < 4.78 is 0. The number of nitrogens with zero attached hydrogens (tertiary/aromatic N) is 1. The molecule has 0 aliphatic rings. The lowest BCUT2D eigenvalue weighted by atomic mass is 10.1. The van der Waals surface area contributed by atoms with Gasteiger partial charge in [-0.25, -0.2) is 0 Å². The van der Waals surface area contributed by atoms with E-state index in [9.17, 15) is 4.79 Å². The van der Waals surface area contributed by atoms with Crippen molar-refractivity contribution in [2.45, 2.75) is 13.3 Å². The molecule has 1 radical (unpaired) electrons. The van der Waals surface area contributed by atoms with E-state index in [4.69, 9.17) is 0 Å². The van der Waals surface area contributed by atoms with E-state index in [1.165, 1.54) is 0 Å². The first kappa shape index (κ1) is 8.88. The van der Waals surface area contributed by atoms with Crippen LogP contribution >= 0.6 is 0 Å². The van der Waals surface area contributed by atoms with Gasteiger partial charge >= 0.3 is 0 Å². The molecule has 14 heavy (non-hydrogen) atoms. The topological polar surface area (TPSA) is 30.0 Å².